The zero-order valence-electron chi connectivity index (χ0n) is 14.8. The Bertz CT molecular complexity index is 583. The molecule has 0 aliphatic heterocycles. The van der Waals surface area contributed by atoms with Crippen molar-refractivity contribution in [3.63, 3.8) is 0 Å². The van der Waals surface area contributed by atoms with E-state index in [-0.39, 0.29) is 13.2 Å². The van der Waals surface area contributed by atoms with Gasteiger partial charge in [-0.15, -0.1) is 0 Å². The molecule has 0 heterocycles. The Balaban J connectivity index is 2.50. The number of esters is 1. The van der Waals surface area contributed by atoms with Crippen molar-refractivity contribution in [3.05, 3.63) is 35.9 Å². The van der Waals surface area contributed by atoms with E-state index >= 15 is 0 Å². The molecule has 25 heavy (non-hydrogen) atoms. The smallest absolute Gasteiger partial charge is 0.408 e. The average Bonchev–Trinajstić information content (AvgIpc) is 2.55. The van der Waals surface area contributed by atoms with Gasteiger partial charge in [0.1, 0.15) is 18.2 Å². The summed E-state index contributed by atoms with van der Waals surface area (Å²) in [6, 6.07) is 7.99. The highest BCUT2D eigenvalue weighted by atomic mass is 16.6. The summed E-state index contributed by atoms with van der Waals surface area (Å²) in [5, 5.41) is 4.75. The van der Waals surface area contributed by atoms with Gasteiger partial charge >= 0.3 is 18.2 Å². The van der Waals surface area contributed by atoms with E-state index in [9.17, 15) is 14.4 Å². The maximum atomic E-state index is 11.8. The third kappa shape index (κ3) is 8.59. The summed E-state index contributed by atoms with van der Waals surface area (Å²) in [5.41, 5.74) is 0.131. The lowest BCUT2D eigenvalue weighted by atomic mass is 10.2. The predicted octanol–water partition coefficient (Wildman–Crippen LogP) is 1.98. The number of hydrogen-bond donors (Lipinski definition) is 2. The van der Waals surface area contributed by atoms with Crippen molar-refractivity contribution >= 4 is 18.2 Å². The second-order valence-electron chi connectivity index (χ2n) is 6.16. The Morgan fingerprint density at radius 2 is 1.72 bits per heavy atom. The van der Waals surface area contributed by atoms with Gasteiger partial charge in [-0.25, -0.2) is 14.4 Å². The number of ether oxygens (including phenoxy) is 3. The van der Waals surface area contributed by atoms with Crippen LogP contribution in [-0.2, 0) is 25.6 Å². The van der Waals surface area contributed by atoms with Crippen LogP contribution in [0.3, 0.4) is 0 Å². The Hall–Kier alpha value is -2.77. The number of amides is 2. The Kier molecular flexibility index (Phi) is 7.71. The monoisotopic (exact) mass is 352 g/mol. The SMILES string of the molecule is COC(=O)C(CNC(=O)OC(C)(C)C)NC(=O)OCc1ccccc1. The van der Waals surface area contributed by atoms with Crippen molar-refractivity contribution < 1.29 is 28.6 Å². The largest absolute Gasteiger partial charge is 0.467 e. The molecule has 1 rings (SSSR count). The molecule has 1 aromatic carbocycles. The molecule has 1 aromatic rings. The fourth-order valence-corrected chi connectivity index (χ4v) is 1.74. The molecule has 138 valence electrons. The fourth-order valence-electron chi connectivity index (χ4n) is 1.74. The molecule has 0 saturated carbocycles. The molecular weight excluding hydrogens is 328 g/mol. The van der Waals surface area contributed by atoms with E-state index < -0.39 is 29.8 Å². The summed E-state index contributed by atoms with van der Waals surface area (Å²) in [5.74, 6) is -0.715. The van der Waals surface area contributed by atoms with Crippen LogP contribution in [0.4, 0.5) is 9.59 Å². The van der Waals surface area contributed by atoms with Crippen LogP contribution in [-0.4, -0.2) is 43.5 Å². The second-order valence-corrected chi connectivity index (χ2v) is 6.16. The Morgan fingerprint density at radius 1 is 1.08 bits per heavy atom. The Labute approximate surface area is 146 Å². The van der Waals surface area contributed by atoms with Crippen LogP contribution in [0.2, 0.25) is 0 Å². The highest BCUT2D eigenvalue weighted by Crippen LogP contribution is 2.06. The summed E-state index contributed by atoms with van der Waals surface area (Å²) >= 11 is 0. The van der Waals surface area contributed by atoms with Crippen molar-refractivity contribution in [3.8, 4) is 0 Å². The highest BCUT2D eigenvalue weighted by Gasteiger charge is 2.24. The average molecular weight is 352 g/mol. The lowest BCUT2D eigenvalue weighted by Crippen LogP contribution is -2.49. The molecule has 0 aliphatic carbocycles. The van der Waals surface area contributed by atoms with E-state index in [0.29, 0.717) is 0 Å². The van der Waals surface area contributed by atoms with Crippen LogP contribution in [0, 0.1) is 0 Å². The summed E-state index contributed by atoms with van der Waals surface area (Å²) < 4.78 is 14.7. The van der Waals surface area contributed by atoms with Gasteiger partial charge in [0.05, 0.1) is 13.7 Å². The third-order valence-electron chi connectivity index (χ3n) is 2.84. The zero-order chi connectivity index (χ0) is 18.9. The number of benzene rings is 1. The molecule has 8 heteroatoms. The first-order valence-corrected chi connectivity index (χ1v) is 7.73. The maximum Gasteiger partial charge on any atom is 0.408 e. The topological polar surface area (TPSA) is 103 Å². The fraction of sp³-hybridized carbons (Fsp3) is 0.471. The number of rotatable bonds is 6. The van der Waals surface area contributed by atoms with Gasteiger partial charge in [0.2, 0.25) is 0 Å². The molecule has 1 unspecified atom stereocenters. The quantitative estimate of drug-likeness (QED) is 0.599. The van der Waals surface area contributed by atoms with E-state index in [2.05, 4.69) is 15.4 Å². The normalized spacial score (nSPS) is 11.8. The summed E-state index contributed by atoms with van der Waals surface area (Å²) in [4.78, 5) is 35.2. The first-order valence-electron chi connectivity index (χ1n) is 7.73. The second kappa shape index (κ2) is 9.51. The van der Waals surface area contributed by atoms with Crippen LogP contribution in [0.15, 0.2) is 30.3 Å². The van der Waals surface area contributed by atoms with Gasteiger partial charge in [0.25, 0.3) is 0 Å². The Morgan fingerprint density at radius 3 is 2.28 bits per heavy atom. The van der Waals surface area contributed by atoms with Gasteiger partial charge in [-0.05, 0) is 26.3 Å². The van der Waals surface area contributed by atoms with E-state index in [1.807, 2.05) is 18.2 Å². The van der Waals surface area contributed by atoms with Crippen molar-refractivity contribution in [2.45, 2.75) is 39.0 Å². The van der Waals surface area contributed by atoms with E-state index in [4.69, 9.17) is 9.47 Å². The molecule has 2 amide bonds. The molecule has 0 radical (unpaired) electrons. The van der Waals surface area contributed by atoms with Crippen LogP contribution >= 0.6 is 0 Å². The number of methoxy groups -OCH3 is 1. The summed E-state index contributed by atoms with van der Waals surface area (Å²) in [6.45, 7) is 5.00. The predicted molar refractivity (Wildman–Crippen MR) is 89.8 cm³/mol. The molecule has 2 N–H and O–H groups in total. The minimum Gasteiger partial charge on any atom is -0.467 e. The first-order chi connectivity index (χ1) is 11.7. The van der Waals surface area contributed by atoms with Gasteiger partial charge in [0, 0.05) is 0 Å². The molecule has 0 aliphatic rings. The van der Waals surface area contributed by atoms with Gasteiger partial charge in [-0.3, -0.25) is 0 Å². The number of alkyl carbamates (subject to hydrolysis) is 2. The molecule has 0 spiro atoms. The third-order valence-corrected chi connectivity index (χ3v) is 2.84. The number of carbonyl (C=O) groups is 3. The van der Waals surface area contributed by atoms with E-state index in [1.165, 1.54) is 7.11 Å². The van der Waals surface area contributed by atoms with Gasteiger partial charge in [-0.2, -0.15) is 0 Å². The maximum absolute atomic E-state index is 11.8. The molecule has 0 bridgehead atoms. The van der Waals surface area contributed by atoms with Crippen molar-refractivity contribution in [1.82, 2.24) is 10.6 Å². The van der Waals surface area contributed by atoms with Gasteiger partial charge in [0.15, 0.2) is 0 Å². The van der Waals surface area contributed by atoms with Crippen LogP contribution in [0.25, 0.3) is 0 Å². The number of nitrogens with one attached hydrogen (secondary N) is 2. The molecule has 0 aromatic heterocycles. The van der Waals surface area contributed by atoms with Gasteiger partial charge in [-0.1, -0.05) is 30.3 Å². The van der Waals surface area contributed by atoms with E-state index in [0.717, 1.165) is 5.56 Å². The lowest BCUT2D eigenvalue weighted by molar-refractivity contribution is -0.142. The summed E-state index contributed by atoms with van der Waals surface area (Å²) in [6.07, 6.45) is -1.51. The molecule has 0 fully saturated rings. The van der Waals surface area contributed by atoms with Crippen LogP contribution in [0.5, 0.6) is 0 Å². The first kappa shape index (κ1) is 20.3. The summed E-state index contributed by atoms with van der Waals surface area (Å²) in [7, 11) is 1.18. The minimum absolute atomic E-state index is 0.0556. The van der Waals surface area contributed by atoms with Crippen molar-refractivity contribution in [1.29, 1.82) is 0 Å². The van der Waals surface area contributed by atoms with Gasteiger partial charge < -0.3 is 24.8 Å². The minimum atomic E-state index is -1.10. The highest BCUT2D eigenvalue weighted by molar-refractivity contribution is 5.82. The molecule has 8 nitrogen and oxygen atoms in total. The molecule has 0 saturated heterocycles. The standard InChI is InChI=1S/C17H24N2O6/c1-17(2,3)25-15(21)18-10-13(14(20)23-4)19-16(22)24-11-12-8-6-5-7-9-12/h5-9,13H,10-11H2,1-4H3,(H,18,21)(H,19,22). The van der Waals surface area contributed by atoms with E-state index in [1.54, 1.807) is 32.9 Å². The lowest BCUT2D eigenvalue weighted by Gasteiger charge is -2.21. The molecular formula is C17H24N2O6. The number of hydrogen-bond acceptors (Lipinski definition) is 6. The molecule has 1 atom stereocenters. The number of carbonyl (C=O) groups excluding carboxylic acids is 3. The van der Waals surface area contributed by atoms with Crippen LogP contribution < -0.4 is 10.6 Å². The van der Waals surface area contributed by atoms with Crippen molar-refractivity contribution in [2.24, 2.45) is 0 Å². The zero-order valence-corrected chi connectivity index (χ0v) is 14.8. The van der Waals surface area contributed by atoms with Crippen molar-refractivity contribution in [2.75, 3.05) is 13.7 Å². The van der Waals surface area contributed by atoms with Crippen LogP contribution in [0.1, 0.15) is 26.3 Å².